The Kier molecular flexibility index (Phi) is 4.49. The Balaban J connectivity index is 2.55. The number of hydrogen-bond acceptors (Lipinski definition) is 5. The van der Waals surface area contributed by atoms with Gasteiger partial charge in [0.2, 0.25) is 0 Å². The second-order valence-electron chi connectivity index (χ2n) is 2.91. The van der Waals surface area contributed by atoms with Crippen molar-refractivity contribution in [2.45, 2.75) is 12.5 Å². The fraction of sp³-hybridized carbons (Fsp3) is 0.444. The number of carbonyl (C=O) groups is 1. The van der Waals surface area contributed by atoms with Gasteiger partial charge >= 0.3 is 5.97 Å². The molecule has 1 unspecified atom stereocenters. The third kappa shape index (κ3) is 3.90. The summed E-state index contributed by atoms with van der Waals surface area (Å²) in [6.45, 7) is 0.384. The maximum Gasteiger partial charge on any atom is 0.326 e. The van der Waals surface area contributed by atoms with Crippen LogP contribution in [0.4, 0.5) is 5.82 Å². The molecule has 82 valence electrons. The van der Waals surface area contributed by atoms with Crippen LogP contribution in [0.5, 0.6) is 0 Å². The number of nitrogens with one attached hydrogen (secondary N) is 1. The Morgan fingerprint density at radius 1 is 1.73 bits per heavy atom. The van der Waals surface area contributed by atoms with Crippen LogP contribution in [0.2, 0.25) is 0 Å². The van der Waals surface area contributed by atoms with Gasteiger partial charge in [0.25, 0.3) is 0 Å². The van der Waals surface area contributed by atoms with Crippen LogP contribution in [-0.4, -0.2) is 40.8 Å². The maximum absolute atomic E-state index is 10.8. The predicted molar refractivity (Wildman–Crippen MR) is 53.6 cm³/mol. The van der Waals surface area contributed by atoms with Gasteiger partial charge in [-0.2, -0.15) is 0 Å². The van der Waals surface area contributed by atoms with Gasteiger partial charge in [-0.05, 0) is 6.07 Å². The lowest BCUT2D eigenvalue weighted by atomic mass is 10.2. The van der Waals surface area contributed by atoms with E-state index in [-0.39, 0.29) is 0 Å². The minimum absolute atomic E-state index is 0.384. The van der Waals surface area contributed by atoms with Crippen molar-refractivity contribution in [3.63, 3.8) is 0 Å². The van der Waals surface area contributed by atoms with Crippen molar-refractivity contribution in [2.24, 2.45) is 0 Å². The summed E-state index contributed by atoms with van der Waals surface area (Å²) in [5, 5.41) is 11.7. The van der Waals surface area contributed by atoms with Crippen molar-refractivity contribution in [3.05, 3.63) is 18.6 Å². The first kappa shape index (κ1) is 11.4. The fourth-order valence-corrected chi connectivity index (χ4v) is 1.05. The smallest absolute Gasteiger partial charge is 0.326 e. The van der Waals surface area contributed by atoms with Crippen molar-refractivity contribution >= 4 is 11.8 Å². The summed E-state index contributed by atoms with van der Waals surface area (Å²) in [5.74, 6) is -0.431. The summed E-state index contributed by atoms with van der Waals surface area (Å²) in [4.78, 5) is 18.5. The Bertz CT molecular complexity index is 305. The van der Waals surface area contributed by atoms with E-state index >= 15 is 0 Å². The van der Waals surface area contributed by atoms with Crippen LogP contribution >= 0.6 is 0 Å². The Hall–Kier alpha value is -1.69. The van der Waals surface area contributed by atoms with E-state index in [1.165, 1.54) is 13.4 Å². The number of anilines is 1. The molecular weight excluding hydrogens is 198 g/mol. The number of carboxylic acids is 1. The number of nitrogens with zero attached hydrogens (tertiary/aromatic N) is 2. The van der Waals surface area contributed by atoms with Crippen LogP contribution in [-0.2, 0) is 9.53 Å². The molecule has 0 aliphatic carbocycles. The van der Waals surface area contributed by atoms with Crippen LogP contribution in [0.25, 0.3) is 0 Å². The molecule has 0 aliphatic rings. The molecule has 0 fully saturated rings. The average molecular weight is 211 g/mol. The number of rotatable bonds is 6. The molecule has 1 heterocycles. The summed E-state index contributed by atoms with van der Waals surface area (Å²) in [6, 6.07) is 0.919. The van der Waals surface area contributed by atoms with Crippen LogP contribution < -0.4 is 5.32 Å². The van der Waals surface area contributed by atoms with E-state index in [1.807, 2.05) is 0 Å². The molecule has 6 nitrogen and oxygen atoms in total. The number of aliphatic carboxylic acids is 1. The fourth-order valence-electron chi connectivity index (χ4n) is 1.05. The molecule has 0 saturated carbocycles. The van der Waals surface area contributed by atoms with Crippen molar-refractivity contribution in [1.29, 1.82) is 0 Å². The zero-order chi connectivity index (χ0) is 11.1. The van der Waals surface area contributed by atoms with E-state index in [9.17, 15) is 4.79 Å². The second-order valence-corrected chi connectivity index (χ2v) is 2.91. The highest BCUT2D eigenvalue weighted by molar-refractivity contribution is 5.76. The minimum atomic E-state index is -0.925. The summed E-state index contributed by atoms with van der Waals surface area (Å²) < 4.78 is 4.82. The Morgan fingerprint density at radius 3 is 3.07 bits per heavy atom. The molecule has 0 saturated heterocycles. The van der Waals surface area contributed by atoms with Gasteiger partial charge in [-0.15, -0.1) is 0 Å². The van der Waals surface area contributed by atoms with E-state index in [0.29, 0.717) is 18.8 Å². The molecule has 0 radical (unpaired) electrons. The lowest BCUT2D eigenvalue weighted by molar-refractivity contribution is -0.138. The van der Waals surface area contributed by atoms with Gasteiger partial charge in [0, 0.05) is 26.3 Å². The third-order valence-electron chi connectivity index (χ3n) is 1.81. The summed E-state index contributed by atoms with van der Waals surface area (Å²) in [5.41, 5.74) is 0. The van der Waals surface area contributed by atoms with Crippen molar-refractivity contribution in [3.8, 4) is 0 Å². The first-order chi connectivity index (χ1) is 7.24. The number of aromatic nitrogens is 2. The molecule has 0 bridgehead atoms. The monoisotopic (exact) mass is 211 g/mol. The average Bonchev–Trinajstić information content (AvgIpc) is 2.25. The predicted octanol–water partition coefficient (Wildman–Crippen LogP) is 0.378. The third-order valence-corrected chi connectivity index (χ3v) is 1.81. The largest absolute Gasteiger partial charge is 0.480 e. The summed E-state index contributed by atoms with van der Waals surface area (Å²) >= 11 is 0. The van der Waals surface area contributed by atoms with Gasteiger partial charge in [-0.3, -0.25) is 0 Å². The van der Waals surface area contributed by atoms with Crippen molar-refractivity contribution < 1.29 is 14.6 Å². The normalized spacial score (nSPS) is 12.1. The molecule has 0 amide bonds. The van der Waals surface area contributed by atoms with Gasteiger partial charge in [-0.1, -0.05) is 0 Å². The molecule has 1 rings (SSSR count). The second kappa shape index (κ2) is 5.92. The van der Waals surface area contributed by atoms with Crippen LogP contribution in [0.1, 0.15) is 6.42 Å². The molecule has 0 aliphatic heterocycles. The topological polar surface area (TPSA) is 84.3 Å². The SMILES string of the molecule is COCCC(Nc1ccncn1)C(=O)O. The van der Waals surface area contributed by atoms with E-state index in [0.717, 1.165) is 0 Å². The first-order valence-corrected chi connectivity index (χ1v) is 4.48. The van der Waals surface area contributed by atoms with Gasteiger partial charge in [0.15, 0.2) is 0 Å². The number of hydrogen-bond donors (Lipinski definition) is 2. The molecule has 1 aromatic rings. The summed E-state index contributed by atoms with van der Waals surface area (Å²) in [7, 11) is 1.53. The highest BCUT2D eigenvalue weighted by Crippen LogP contribution is 2.04. The number of carboxylic acid groups (broad SMARTS) is 1. The molecule has 0 spiro atoms. The zero-order valence-corrected chi connectivity index (χ0v) is 8.38. The van der Waals surface area contributed by atoms with Crippen molar-refractivity contribution in [2.75, 3.05) is 19.0 Å². The standard InChI is InChI=1S/C9H13N3O3/c1-15-5-3-7(9(13)14)12-8-2-4-10-6-11-8/h2,4,6-7H,3,5H2,1H3,(H,13,14)(H,10,11,12). The Labute approximate surface area is 87.3 Å². The lowest BCUT2D eigenvalue weighted by Crippen LogP contribution is -2.30. The van der Waals surface area contributed by atoms with Gasteiger partial charge in [0.1, 0.15) is 18.2 Å². The zero-order valence-electron chi connectivity index (χ0n) is 8.38. The van der Waals surface area contributed by atoms with Gasteiger partial charge in [-0.25, -0.2) is 14.8 Å². The molecule has 0 aromatic carbocycles. The van der Waals surface area contributed by atoms with E-state index in [4.69, 9.17) is 9.84 Å². The van der Waals surface area contributed by atoms with Crippen molar-refractivity contribution in [1.82, 2.24) is 9.97 Å². The highest BCUT2D eigenvalue weighted by atomic mass is 16.5. The van der Waals surface area contributed by atoms with Crippen LogP contribution in [0.15, 0.2) is 18.6 Å². The van der Waals surface area contributed by atoms with E-state index in [2.05, 4.69) is 15.3 Å². The number of methoxy groups -OCH3 is 1. The molecule has 2 N–H and O–H groups in total. The first-order valence-electron chi connectivity index (χ1n) is 4.48. The molecule has 1 aromatic heterocycles. The maximum atomic E-state index is 10.8. The van der Waals surface area contributed by atoms with Crippen LogP contribution in [0, 0.1) is 0 Å². The van der Waals surface area contributed by atoms with Gasteiger partial charge in [0.05, 0.1) is 0 Å². The van der Waals surface area contributed by atoms with E-state index in [1.54, 1.807) is 12.3 Å². The Morgan fingerprint density at radius 2 is 2.53 bits per heavy atom. The highest BCUT2D eigenvalue weighted by Gasteiger charge is 2.16. The van der Waals surface area contributed by atoms with Gasteiger partial charge < -0.3 is 15.2 Å². The quantitative estimate of drug-likeness (QED) is 0.707. The molecule has 1 atom stereocenters. The van der Waals surface area contributed by atoms with E-state index < -0.39 is 12.0 Å². The lowest BCUT2D eigenvalue weighted by Gasteiger charge is -2.13. The minimum Gasteiger partial charge on any atom is -0.480 e. The molecule has 15 heavy (non-hydrogen) atoms. The molecular formula is C9H13N3O3. The molecule has 6 heteroatoms. The summed E-state index contributed by atoms with van der Waals surface area (Å²) in [6.07, 6.45) is 3.29. The van der Waals surface area contributed by atoms with Crippen LogP contribution in [0.3, 0.4) is 0 Å². The number of ether oxygens (including phenoxy) is 1.